The second kappa shape index (κ2) is 10.3. The predicted molar refractivity (Wildman–Crippen MR) is 118 cm³/mol. The maximum atomic E-state index is 13.3. The molecule has 2 amide bonds. The lowest BCUT2D eigenvalue weighted by Crippen LogP contribution is -2.30. The summed E-state index contributed by atoms with van der Waals surface area (Å²) >= 11 is 0. The monoisotopic (exact) mass is 489 g/mol. The Bertz CT molecular complexity index is 978. The van der Waals surface area contributed by atoms with Gasteiger partial charge in [-0.15, -0.1) is 0 Å². The van der Waals surface area contributed by atoms with Crippen LogP contribution in [-0.2, 0) is 16.2 Å². The zero-order chi connectivity index (χ0) is 24.2. The zero-order valence-corrected chi connectivity index (χ0v) is 19.4. The van der Waals surface area contributed by atoms with E-state index in [2.05, 4.69) is 16.6 Å². The molecular formula is C22H30F3N3O4S. The van der Waals surface area contributed by atoms with Crippen molar-refractivity contribution in [3.8, 4) is 5.75 Å². The number of hydrogen-bond donors (Lipinski definition) is 2. The molecule has 11 heteroatoms. The standard InChI is InChI=1S/C22H30F3N3O4S/c1-15-13-28(21(29)26-15)10-4-3-5-11-33(30,31)27-16(2)18-8-9-19(22(23,24)25)20(12-18)32-14-17-6-7-17/h8-9,12,16-17,27H,1,3-7,10-11,13-14H2,2H3,(H,26,29)/t16-/m0/s1. The van der Waals surface area contributed by atoms with Gasteiger partial charge in [-0.05, 0) is 56.2 Å². The third kappa shape index (κ3) is 7.63. The zero-order valence-electron chi connectivity index (χ0n) is 18.6. The van der Waals surface area contributed by atoms with Crippen molar-refractivity contribution in [3.05, 3.63) is 41.6 Å². The van der Waals surface area contributed by atoms with Crippen molar-refractivity contribution in [3.63, 3.8) is 0 Å². The van der Waals surface area contributed by atoms with E-state index in [1.165, 1.54) is 12.1 Å². The molecule has 1 aromatic rings. The molecule has 1 aliphatic carbocycles. The van der Waals surface area contributed by atoms with Crippen molar-refractivity contribution in [1.29, 1.82) is 0 Å². The Balaban J connectivity index is 1.51. The van der Waals surface area contributed by atoms with Crippen LogP contribution in [-0.4, -0.2) is 44.8 Å². The molecule has 1 heterocycles. The van der Waals surface area contributed by atoms with Crippen molar-refractivity contribution >= 4 is 16.1 Å². The van der Waals surface area contributed by atoms with E-state index in [1.54, 1.807) is 11.8 Å². The molecule has 1 saturated heterocycles. The van der Waals surface area contributed by atoms with E-state index in [-0.39, 0.29) is 30.1 Å². The summed E-state index contributed by atoms with van der Waals surface area (Å²) in [6.07, 6.45) is -0.989. The molecule has 2 fully saturated rings. The van der Waals surface area contributed by atoms with Gasteiger partial charge < -0.3 is 15.0 Å². The van der Waals surface area contributed by atoms with Gasteiger partial charge in [0.25, 0.3) is 0 Å². The van der Waals surface area contributed by atoms with Crippen LogP contribution in [0.2, 0.25) is 0 Å². The molecule has 0 unspecified atom stereocenters. The lowest BCUT2D eigenvalue weighted by Gasteiger charge is -2.19. The molecule has 0 spiro atoms. The first-order valence-electron chi connectivity index (χ1n) is 11.0. The molecule has 0 bridgehead atoms. The fourth-order valence-electron chi connectivity index (χ4n) is 3.57. The number of carbonyl (C=O) groups is 1. The van der Waals surface area contributed by atoms with Crippen LogP contribution in [0.3, 0.4) is 0 Å². The third-order valence-corrected chi connectivity index (χ3v) is 7.17. The van der Waals surface area contributed by atoms with Crippen LogP contribution >= 0.6 is 0 Å². The number of urea groups is 1. The average Bonchev–Trinajstić information content (AvgIpc) is 3.48. The van der Waals surface area contributed by atoms with E-state index >= 15 is 0 Å². The van der Waals surface area contributed by atoms with Crippen molar-refractivity contribution in [2.75, 3.05) is 25.4 Å². The van der Waals surface area contributed by atoms with Gasteiger partial charge in [0.15, 0.2) is 0 Å². The molecule has 1 atom stereocenters. The Morgan fingerprint density at radius 3 is 2.61 bits per heavy atom. The molecular weight excluding hydrogens is 459 g/mol. The SMILES string of the molecule is C=C1CN(CCCCCS(=O)(=O)N[C@@H](C)c2ccc(C(F)(F)F)c(OCC3CC3)c2)C(=O)N1. The largest absolute Gasteiger partial charge is 0.493 e. The van der Waals surface area contributed by atoms with E-state index in [4.69, 9.17) is 4.74 Å². The Kier molecular flexibility index (Phi) is 7.94. The first-order valence-corrected chi connectivity index (χ1v) is 12.7. The lowest BCUT2D eigenvalue weighted by atomic mass is 10.1. The van der Waals surface area contributed by atoms with Crippen molar-refractivity contribution in [2.45, 2.75) is 51.2 Å². The fraction of sp³-hybridized carbons (Fsp3) is 0.591. The maximum Gasteiger partial charge on any atom is 0.419 e. The lowest BCUT2D eigenvalue weighted by molar-refractivity contribution is -0.139. The summed E-state index contributed by atoms with van der Waals surface area (Å²) < 4.78 is 72.8. The number of carbonyl (C=O) groups excluding carboxylic acids is 1. The molecule has 184 valence electrons. The van der Waals surface area contributed by atoms with Crippen LogP contribution in [0.1, 0.15) is 56.2 Å². The number of benzene rings is 1. The van der Waals surface area contributed by atoms with E-state index < -0.39 is 27.8 Å². The molecule has 33 heavy (non-hydrogen) atoms. The van der Waals surface area contributed by atoms with E-state index in [9.17, 15) is 26.4 Å². The third-order valence-electron chi connectivity index (χ3n) is 5.63. The number of ether oxygens (including phenoxy) is 1. The minimum atomic E-state index is -4.55. The smallest absolute Gasteiger partial charge is 0.419 e. The summed E-state index contributed by atoms with van der Waals surface area (Å²) in [5.41, 5.74) is 0.181. The summed E-state index contributed by atoms with van der Waals surface area (Å²) in [4.78, 5) is 13.2. The summed E-state index contributed by atoms with van der Waals surface area (Å²) in [6.45, 7) is 6.48. The van der Waals surface area contributed by atoms with Gasteiger partial charge in [0.2, 0.25) is 10.0 Å². The summed E-state index contributed by atoms with van der Waals surface area (Å²) in [7, 11) is -3.64. The van der Waals surface area contributed by atoms with Gasteiger partial charge >= 0.3 is 12.2 Å². The Hall–Kier alpha value is -2.27. The average molecular weight is 490 g/mol. The molecule has 1 aromatic carbocycles. The Labute approximate surface area is 192 Å². The molecule has 7 nitrogen and oxygen atoms in total. The number of sulfonamides is 1. The summed E-state index contributed by atoms with van der Waals surface area (Å²) in [5, 5.41) is 2.62. The van der Waals surface area contributed by atoms with E-state index in [1.807, 2.05) is 0 Å². The molecule has 2 N–H and O–H groups in total. The quantitative estimate of drug-likeness (QED) is 0.431. The first-order chi connectivity index (χ1) is 15.4. The van der Waals surface area contributed by atoms with Gasteiger partial charge in [-0.25, -0.2) is 17.9 Å². The second-order valence-electron chi connectivity index (χ2n) is 8.68. The number of hydrogen-bond acceptors (Lipinski definition) is 4. The summed E-state index contributed by atoms with van der Waals surface area (Å²) in [5.74, 6) is -0.0991. The van der Waals surface area contributed by atoms with Crippen molar-refractivity contribution in [2.24, 2.45) is 5.92 Å². The van der Waals surface area contributed by atoms with Crippen LogP contribution in [0.4, 0.5) is 18.0 Å². The topological polar surface area (TPSA) is 87.7 Å². The van der Waals surface area contributed by atoms with Gasteiger partial charge in [0.05, 0.1) is 24.5 Å². The predicted octanol–water partition coefficient (Wildman–Crippen LogP) is 4.18. The van der Waals surface area contributed by atoms with Crippen molar-refractivity contribution in [1.82, 2.24) is 14.9 Å². The highest BCUT2D eigenvalue weighted by molar-refractivity contribution is 7.89. The number of nitrogens with one attached hydrogen (secondary N) is 2. The molecule has 1 saturated carbocycles. The van der Waals surface area contributed by atoms with Gasteiger partial charge in [0.1, 0.15) is 5.75 Å². The highest BCUT2D eigenvalue weighted by atomic mass is 32.2. The van der Waals surface area contributed by atoms with Gasteiger partial charge in [-0.2, -0.15) is 13.2 Å². The molecule has 2 aliphatic rings. The number of unbranched alkanes of at least 4 members (excludes halogenated alkanes) is 2. The van der Waals surface area contributed by atoms with Crippen LogP contribution < -0.4 is 14.8 Å². The second-order valence-corrected chi connectivity index (χ2v) is 10.6. The highest BCUT2D eigenvalue weighted by Gasteiger charge is 2.35. The number of nitrogens with zero attached hydrogens (tertiary/aromatic N) is 1. The molecule has 3 rings (SSSR count). The van der Waals surface area contributed by atoms with Gasteiger partial charge in [-0.1, -0.05) is 19.1 Å². The van der Waals surface area contributed by atoms with Gasteiger partial charge in [-0.3, -0.25) is 0 Å². The minimum absolute atomic E-state index is 0.109. The minimum Gasteiger partial charge on any atom is -0.493 e. The van der Waals surface area contributed by atoms with Crippen LogP contribution in [0.5, 0.6) is 5.75 Å². The van der Waals surface area contributed by atoms with E-state index in [0.717, 1.165) is 18.9 Å². The maximum absolute atomic E-state index is 13.3. The van der Waals surface area contributed by atoms with Crippen LogP contribution in [0.25, 0.3) is 0 Å². The highest BCUT2D eigenvalue weighted by Crippen LogP contribution is 2.39. The molecule has 0 radical (unpaired) electrons. The van der Waals surface area contributed by atoms with Crippen LogP contribution in [0.15, 0.2) is 30.5 Å². The Morgan fingerprint density at radius 2 is 2.00 bits per heavy atom. The normalized spacial score (nSPS) is 17.9. The van der Waals surface area contributed by atoms with Gasteiger partial charge in [0, 0.05) is 18.3 Å². The first kappa shape index (κ1) is 25.4. The van der Waals surface area contributed by atoms with E-state index in [0.29, 0.717) is 43.6 Å². The fourth-order valence-corrected chi connectivity index (χ4v) is 4.95. The van der Waals surface area contributed by atoms with Crippen molar-refractivity contribution < 1.29 is 31.1 Å². The Morgan fingerprint density at radius 1 is 1.27 bits per heavy atom. The number of rotatable bonds is 12. The molecule has 1 aliphatic heterocycles. The molecule has 0 aromatic heterocycles. The number of halogens is 3. The number of alkyl halides is 3. The van der Waals surface area contributed by atoms with Crippen LogP contribution in [0, 0.1) is 5.92 Å². The summed E-state index contributed by atoms with van der Waals surface area (Å²) in [6, 6.07) is 2.58. The number of amides is 2.